The van der Waals surface area contributed by atoms with Crippen molar-refractivity contribution in [2.75, 3.05) is 13.2 Å². The lowest BCUT2D eigenvalue weighted by Gasteiger charge is -2.15. The lowest BCUT2D eigenvalue weighted by atomic mass is 9.95. The van der Waals surface area contributed by atoms with Gasteiger partial charge in [0.25, 0.3) is 0 Å². The predicted molar refractivity (Wildman–Crippen MR) is 62.7 cm³/mol. The lowest BCUT2D eigenvalue weighted by Crippen LogP contribution is -2.38. The van der Waals surface area contributed by atoms with E-state index in [0.29, 0.717) is 12.8 Å². The van der Waals surface area contributed by atoms with E-state index in [1.165, 1.54) is 0 Å². The zero-order valence-corrected chi connectivity index (χ0v) is 10.6. The summed E-state index contributed by atoms with van der Waals surface area (Å²) in [5, 5.41) is 11.5. The molecule has 2 N–H and O–H groups in total. The number of esters is 1. The number of ether oxygens (including phenoxy) is 1. The number of hydrogen-bond donors (Lipinski definition) is 2. The van der Waals surface area contributed by atoms with Crippen molar-refractivity contribution >= 4 is 17.8 Å². The van der Waals surface area contributed by atoms with Gasteiger partial charge in [-0.25, -0.2) is 0 Å². The molecular formula is C12H19NO5. The molecule has 6 nitrogen and oxygen atoms in total. The standard InChI is InChI=1S/C12H19NO5/c1-3-18-10(14)6-13-11(15)8-4-7(2)5-9(8)12(16)17/h7-9H,3-6H2,1-2H3,(H,13,15)(H,16,17). The number of amides is 1. The summed E-state index contributed by atoms with van der Waals surface area (Å²) in [5.74, 6) is -2.82. The fourth-order valence-electron chi connectivity index (χ4n) is 2.36. The van der Waals surface area contributed by atoms with Crippen LogP contribution in [0.2, 0.25) is 0 Å². The maximum absolute atomic E-state index is 11.8. The molecule has 0 bridgehead atoms. The molecule has 102 valence electrons. The highest BCUT2D eigenvalue weighted by atomic mass is 16.5. The number of carbonyl (C=O) groups excluding carboxylic acids is 2. The van der Waals surface area contributed by atoms with Gasteiger partial charge in [-0.05, 0) is 25.7 Å². The molecule has 1 aliphatic carbocycles. The second-order valence-electron chi connectivity index (χ2n) is 4.65. The smallest absolute Gasteiger partial charge is 0.325 e. The molecule has 0 aromatic heterocycles. The Kier molecular flexibility index (Phi) is 5.12. The van der Waals surface area contributed by atoms with Crippen LogP contribution in [0.5, 0.6) is 0 Å². The van der Waals surface area contributed by atoms with E-state index < -0.39 is 23.8 Å². The van der Waals surface area contributed by atoms with Crippen LogP contribution in [-0.2, 0) is 19.1 Å². The van der Waals surface area contributed by atoms with Gasteiger partial charge in [0.1, 0.15) is 6.54 Å². The average Bonchev–Trinajstić information content (AvgIpc) is 2.69. The highest BCUT2D eigenvalue weighted by molar-refractivity contribution is 5.87. The Morgan fingerprint density at radius 2 is 1.89 bits per heavy atom. The fraction of sp³-hybridized carbons (Fsp3) is 0.750. The Labute approximate surface area is 106 Å². The quantitative estimate of drug-likeness (QED) is 0.696. The summed E-state index contributed by atoms with van der Waals surface area (Å²) in [6.07, 6.45) is 1.05. The molecule has 1 rings (SSSR count). The van der Waals surface area contributed by atoms with Crippen LogP contribution in [0.25, 0.3) is 0 Å². The van der Waals surface area contributed by atoms with Gasteiger partial charge in [0.05, 0.1) is 18.4 Å². The number of aliphatic carboxylic acids is 1. The van der Waals surface area contributed by atoms with Gasteiger partial charge in [-0.2, -0.15) is 0 Å². The molecule has 0 aromatic rings. The number of hydrogen-bond acceptors (Lipinski definition) is 4. The van der Waals surface area contributed by atoms with E-state index in [0.717, 1.165) is 0 Å². The first kappa shape index (κ1) is 14.5. The molecule has 18 heavy (non-hydrogen) atoms. The minimum atomic E-state index is -0.948. The van der Waals surface area contributed by atoms with E-state index >= 15 is 0 Å². The second-order valence-corrected chi connectivity index (χ2v) is 4.65. The van der Waals surface area contributed by atoms with Crippen LogP contribution in [0, 0.1) is 17.8 Å². The molecule has 3 atom stereocenters. The molecule has 0 heterocycles. The maximum Gasteiger partial charge on any atom is 0.325 e. The van der Waals surface area contributed by atoms with Crippen molar-refractivity contribution in [3.05, 3.63) is 0 Å². The number of carbonyl (C=O) groups is 3. The van der Waals surface area contributed by atoms with Crippen molar-refractivity contribution < 1.29 is 24.2 Å². The van der Waals surface area contributed by atoms with Crippen LogP contribution in [0.3, 0.4) is 0 Å². The zero-order valence-electron chi connectivity index (χ0n) is 10.6. The van der Waals surface area contributed by atoms with Crippen LogP contribution in [-0.4, -0.2) is 36.1 Å². The van der Waals surface area contributed by atoms with E-state index in [4.69, 9.17) is 5.11 Å². The van der Waals surface area contributed by atoms with Gasteiger partial charge in [0, 0.05) is 0 Å². The van der Waals surface area contributed by atoms with Gasteiger partial charge in [-0.15, -0.1) is 0 Å². The molecule has 0 aliphatic heterocycles. The predicted octanol–water partition coefficient (Wildman–Crippen LogP) is 0.413. The largest absolute Gasteiger partial charge is 0.481 e. The molecule has 0 spiro atoms. The SMILES string of the molecule is CCOC(=O)CNC(=O)C1CC(C)CC1C(=O)O. The topological polar surface area (TPSA) is 92.7 Å². The second kappa shape index (κ2) is 6.37. The molecule has 0 aromatic carbocycles. The number of nitrogens with one attached hydrogen (secondary N) is 1. The molecule has 1 aliphatic rings. The van der Waals surface area contributed by atoms with Gasteiger partial charge in [-0.3, -0.25) is 14.4 Å². The third kappa shape index (κ3) is 3.72. The van der Waals surface area contributed by atoms with Crippen molar-refractivity contribution in [1.82, 2.24) is 5.32 Å². The third-order valence-electron chi connectivity index (χ3n) is 3.16. The molecule has 0 radical (unpaired) electrons. The Balaban J connectivity index is 2.50. The van der Waals surface area contributed by atoms with Gasteiger partial charge >= 0.3 is 11.9 Å². The maximum atomic E-state index is 11.8. The van der Waals surface area contributed by atoms with Crippen LogP contribution in [0.4, 0.5) is 0 Å². The third-order valence-corrected chi connectivity index (χ3v) is 3.16. The van der Waals surface area contributed by atoms with E-state index in [-0.39, 0.29) is 25.0 Å². The van der Waals surface area contributed by atoms with Crippen molar-refractivity contribution in [3.8, 4) is 0 Å². The Morgan fingerprint density at radius 1 is 1.28 bits per heavy atom. The Hall–Kier alpha value is -1.59. The number of carboxylic acid groups (broad SMARTS) is 1. The summed E-state index contributed by atoms with van der Waals surface area (Å²) in [6.45, 7) is 3.66. The monoisotopic (exact) mass is 257 g/mol. The fourth-order valence-corrected chi connectivity index (χ4v) is 2.36. The molecule has 6 heteroatoms. The minimum absolute atomic E-state index is 0.204. The first-order chi connectivity index (χ1) is 8.45. The number of carboxylic acids is 1. The summed E-state index contributed by atoms with van der Waals surface area (Å²) in [6, 6.07) is 0. The minimum Gasteiger partial charge on any atom is -0.481 e. The summed E-state index contributed by atoms with van der Waals surface area (Å²) in [7, 11) is 0. The van der Waals surface area contributed by atoms with Gasteiger partial charge in [-0.1, -0.05) is 6.92 Å². The molecule has 0 saturated heterocycles. The summed E-state index contributed by atoms with van der Waals surface area (Å²) in [5.41, 5.74) is 0. The van der Waals surface area contributed by atoms with E-state index in [1.807, 2.05) is 6.92 Å². The highest BCUT2D eigenvalue weighted by Crippen LogP contribution is 2.36. The van der Waals surface area contributed by atoms with E-state index in [2.05, 4.69) is 10.1 Å². The van der Waals surface area contributed by atoms with Gasteiger partial charge in [0.2, 0.25) is 5.91 Å². The van der Waals surface area contributed by atoms with Crippen molar-refractivity contribution in [1.29, 1.82) is 0 Å². The molecule has 1 amide bonds. The van der Waals surface area contributed by atoms with Crippen LogP contribution in [0.1, 0.15) is 26.7 Å². The van der Waals surface area contributed by atoms with Crippen LogP contribution in [0.15, 0.2) is 0 Å². The average molecular weight is 257 g/mol. The van der Waals surface area contributed by atoms with Gasteiger partial charge < -0.3 is 15.2 Å². The zero-order chi connectivity index (χ0) is 13.7. The summed E-state index contributed by atoms with van der Waals surface area (Å²) >= 11 is 0. The first-order valence-corrected chi connectivity index (χ1v) is 6.11. The van der Waals surface area contributed by atoms with Crippen molar-refractivity contribution in [3.63, 3.8) is 0 Å². The van der Waals surface area contributed by atoms with Crippen LogP contribution < -0.4 is 5.32 Å². The van der Waals surface area contributed by atoms with E-state index in [1.54, 1.807) is 6.92 Å². The molecule has 1 saturated carbocycles. The lowest BCUT2D eigenvalue weighted by molar-refractivity contribution is -0.147. The Morgan fingerprint density at radius 3 is 2.44 bits per heavy atom. The number of rotatable bonds is 5. The molecular weight excluding hydrogens is 238 g/mol. The molecule has 1 fully saturated rings. The van der Waals surface area contributed by atoms with Crippen LogP contribution >= 0.6 is 0 Å². The Bertz CT molecular complexity index is 341. The highest BCUT2D eigenvalue weighted by Gasteiger charge is 2.41. The van der Waals surface area contributed by atoms with Crippen molar-refractivity contribution in [2.24, 2.45) is 17.8 Å². The summed E-state index contributed by atoms with van der Waals surface area (Å²) < 4.78 is 4.68. The van der Waals surface area contributed by atoms with E-state index in [9.17, 15) is 14.4 Å². The van der Waals surface area contributed by atoms with Gasteiger partial charge in [0.15, 0.2) is 0 Å². The molecule has 3 unspecified atom stereocenters. The normalized spacial score (nSPS) is 26.7. The first-order valence-electron chi connectivity index (χ1n) is 6.11. The summed E-state index contributed by atoms with van der Waals surface area (Å²) in [4.78, 5) is 34.0. The van der Waals surface area contributed by atoms with Crippen molar-refractivity contribution in [2.45, 2.75) is 26.7 Å².